The van der Waals surface area contributed by atoms with Crippen LogP contribution in [0.1, 0.15) is 12.5 Å². The van der Waals surface area contributed by atoms with E-state index in [0.717, 1.165) is 11.3 Å². The zero-order valence-electron chi connectivity index (χ0n) is 6.92. The standard InChI is InChI=1S/C9H11N2O/c1-7(12)11-9-4-2-3-8(5-9)6-10/h3-5H,6,10H2,1H3,(H,11,12). The number of rotatable bonds is 2. The van der Waals surface area contributed by atoms with Crippen LogP contribution in [-0.2, 0) is 11.3 Å². The first-order valence-corrected chi connectivity index (χ1v) is 3.70. The third kappa shape index (κ3) is 2.36. The molecule has 1 aromatic carbocycles. The van der Waals surface area contributed by atoms with Crippen molar-refractivity contribution in [3.63, 3.8) is 0 Å². The fraction of sp³-hybridized carbons (Fsp3) is 0.222. The van der Waals surface area contributed by atoms with Gasteiger partial charge in [-0.3, -0.25) is 4.79 Å². The lowest BCUT2D eigenvalue weighted by Gasteiger charge is -2.02. The number of carbonyl (C=O) groups excluding carboxylic acids is 1. The van der Waals surface area contributed by atoms with E-state index >= 15 is 0 Å². The van der Waals surface area contributed by atoms with Gasteiger partial charge < -0.3 is 11.1 Å². The molecule has 0 bridgehead atoms. The molecule has 3 N–H and O–H groups in total. The van der Waals surface area contributed by atoms with Crippen molar-refractivity contribution >= 4 is 11.6 Å². The molecule has 0 aliphatic rings. The van der Waals surface area contributed by atoms with Crippen LogP contribution in [0.4, 0.5) is 5.69 Å². The molecule has 1 rings (SSSR count). The number of benzene rings is 1. The van der Waals surface area contributed by atoms with Gasteiger partial charge in [-0.05, 0) is 29.8 Å². The molecule has 1 amide bonds. The molecule has 0 saturated carbocycles. The second-order valence-corrected chi connectivity index (χ2v) is 2.52. The van der Waals surface area contributed by atoms with Crippen LogP contribution >= 0.6 is 0 Å². The summed E-state index contributed by atoms with van der Waals surface area (Å²) in [6, 6.07) is 8.23. The Morgan fingerprint density at radius 2 is 2.42 bits per heavy atom. The van der Waals surface area contributed by atoms with Gasteiger partial charge in [0.1, 0.15) is 0 Å². The van der Waals surface area contributed by atoms with Crippen molar-refractivity contribution in [1.29, 1.82) is 0 Å². The van der Waals surface area contributed by atoms with Gasteiger partial charge in [-0.2, -0.15) is 0 Å². The van der Waals surface area contributed by atoms with Gasteiger partial charge in [0.15, 0.2) is 0 Å². The Morgan fingerprint density at radius 1 is 1.67 bits per heavy atom. The molecule has 0 spiro atoms. The lowest BCUT2D eigenvalue weighted by atomic mass is 10.2. The number of nitrogens with one attached hydrogen (secondary N) is 1. The van der Waals surface area contributed by atoms with E-state index < -0.39 is 0 Å². The van der Waals surface area contributed by atoms with Crippen LogP contribution in [0.5, 0.6) is 0 Å². The third-order valence-corrected chi connectivity index (χ3v) is 1.40. The Bertz CT molecular complexity index is 284. The van der Waals surface area contributed by atoms with Gasteiger partial charge in [0.05, 0.1) is 0 Å². The van der Waals surface area contributed by atoms with E-state index in [1.54, 1.807) is 12.1 Å². The van der Waals surface area contributed by atoms with Crippen LogP contribution in [0.15, 0.2) is 18.2 Å². The fourth-order valence-corrected chi connectivity index (χ4v) is 0.915. The molecule has 0 saturated heterocycles. The second kappa shape index (κ2) is 3.88. The van der Waals surface area contributed by atoms with E-state index in [1.807, 2.05) is 6.07 Å². The Morgan fingerprint density at radius 3 is 3.00 bits per heavy atom. The van der Waals surface area contributed by atoms with Crippen molar-refractivity contribution in [3.8, 4) is 0 Å². The molecule has 0 aliphatic carbocycles. The quantitative estimate of drug-likeness (QED) is 0.680. The van der Waals surface area contributed by atoms with Crippen molar-refractivity contribution < 1.29 is 4.79 Å². The zero-order chi connectivity index (χ0) is 8.97. The zero-order valence-corrected chi connectivity index (χ0v) is 6.92. The predicted molar refractivity (Wildman–Crippen MR) is 47.5 cm³/mol. The molecule has 12 heavy (non-hydrogen) atoms. The molecule has 0 atom stereocenters. The van der Waals surface area contributed by atoms with E-state index in [-0.39, 0.29) is 5.91 Å². The highest BCUT2D eigenvalue weighted by molar-refractivity contribution is 5.88. The van der Waals surface area contributed by atoms with Crippen LogP contribution in [0.3, 0.4) is 0 Å². The maximum absolute atomic E-state index is 10.7. The van der Waals surface area contributed by atoms with Gasteiger partial charge in [-0.15, -0.1) is 0 Å². The van der Waals surface area contributed by atoms with Crippen molar-refractivity contribution in [3.05, 3.63) is 29.8 Å². The number of amides is 1. The first-order chi connectivity index (χ1) is 5.72. The summed E-state index contributed by atoms with van der Waals surface area (Å²) >= 11 is 0. The number of hydrogen-bond acceptors (Lipinski definition) is 2. The predicted octanol–water partition coefficient (Wildman–Crippen LogP) is 0.904. The maximum atomic E-state index is 10.7. The topological polar surface area (TPSA) is 55.1 Å². The highest BCUT2D eigenvalue weighted by atomic mass is 16.1. The Labute approximate surface area is 71.6 Å². The Balaban J connectivity index is 2.79. The number of hydrogen-bond donors (Lipinski definition) is 2. The lowest BCUT2D eigenvalue weighted by Crippen LogP contribution is -2.06. The molecule has 0 aromatic heterocycles. The number of carbonyl (C=O) groups is 1. The first kappa shape index (κ1) is 8.74. The highest BCUT2D eigenvalue weighted by Gasteiger charge is 1.95. The smallest absolute Gasteiger partial charge is 0.221 e. The molecular formula is C9H11N2O. The largest absolute Gasteiger partial charge is 0.326 e. The summed E-state index contributed by atoms with van der Waals surface area (Å²) in [5.74, 6) is -0.0856. The molecule has 1 radical (unpaired) electrons. The van der Waals surface area contributed by atoms with Gasteiger partial charge in [-0.25, -0.2) is 0 Å². The van der Waals surface area contributed by atoms with E-state index in [4.69, 9.17) is 5.73 Å². The number of anilines is 1. The van der Waals surface area contributed by atoms with Crippen molar-refractivity contribution in [1.82, 2.24) is 0 Å². The van der Waals surface area contributed by atoms with Gasteiger partial charge in [0.25, 0.3) is 0 Å². The fourth-order valence-electron chi connectivity index (χ4n) is 0.915. The van der Waals surface area contributed by atoms with E-state index in [2.05, 4.69) is 11.4 Å². The van der Waals surface area contributed by atoms with Gasteiger partial charge in [-0.1, -0.05) is 0 Å². The minimum absolute atomic E-state index is 0.0856. The SMILES string of the molecule is CC(=O)Nc1c[c]cc(CN)c1. The third-order valence-electron chi connectivity index (χ3n) is 1.40. The summed E-state index contributed by atoms with van der Waals surface area (Å²) < 4.78 is 0. The molecule has 1 aromatic rings. The second-order valence-electron chi connectivity index (χ2n) is 2.52. The lowest BCUT2D eigenvalue weighted by molar-refractivity contribution is -0.114. The maximum Gasteiger partial charge on any atom is 0.221 e. The van der Waals surface area contributed by atoms with Crippen LogP contribution in [0, 0.1) is 6.07 Å². The summed E-state index contributed by atoms with van der Waals surface area (Å²) in [4.78, 5) is 10.7. The molecule has 3 nitrogen and oxygen atoms in total. The Hall–Kier alpha value is -1.35. The van der Waals surface area contributed by atoms with Crippen LogP contribution in [0.2, 0.25) is 0 Å². The van der Waals surface area contributed by atoms with Crippen LogP contribution in [-0.4, -0.2) is 5.91 Å². The van der Waals surface area contributed by atoms with Gasteiger partial charge in [0.2, 0.25) is 5.91 Å². The average Bonchev–Trinajstić information content (AvgIpc) is 2.03. The van der Waals surface area contributed by atoms with Crippen molar-refractivity contribution in [2.45, 2.75) is 13.5 Å². The summed E-state index contributed by atoms with van der Waals surface area (Å²) in [6.45, 7) is 1.93. The highest BCUT2D eigenvalue weighted by Crippen LogP contribution is 2.08. The monoisotopic (exact) mass is 163 g/mol. The summed E-state index contributed by atoms with van der Waals surface area (Å²) in [7, 11) is 0. The van der Waals surface area contributed by atoms with Gasteiger partial charge in [0, 0.05) is 19.2 Å². The van der Waals surface area contributed by atoms with Crippen LogP contribution < -0.4 is 11.1 Å². The summed E-state index contributed by atoms with van der Waals surface area (Å²) in [5, 5.41) is 2.65. The van der Waals surface area contributed by atoms with E-state index in [0.29, 0.717) is 6.54 Å². The number of nitrogens with two attached hydrogens (primary N) is 1. The van der Waals surface area contributed by atoms with Crippen molar-refractivity contribution in [2.24, 2.45) is 5.73 Å². The minimum atomic E-state index is -0.0856. The van der Waals surface area contributed by atoms with E-state index in [9.17, 15) is 4.79 Å². The molecule has 0 unspecified atom stereocenters. The average molecular weight is 163 g/mol. The van der Waals surface area contributed by atoms with E-state index in [1.165, 1.54) is 6.92 Å². The Kier molecular flexibility index (Phi) is 2.82. The normalized spacial score (nSPS) is 9.50. The summed E-state index contributed by atoms with van der Waals surface area (Å²) in [6.07, 6.45) is 0. The minimum Gasteiger partial charge on any atom is -0.326 e. The molecule has 0 fully saturated rings. The molecular weight excluding hydrogens is 152 g/mol. The molecule has 3 heteroatoms. The summed E-state index contributed by atoms with van der Waals surface area (Å²) in [5.41, 5.74) is 7.12. The van der Waals surface area contributed by atoms with Crippen molar-refractivity contribution in [2.75, 3.05) is 5.32 Å². The molecule has 63 valence electrons. The van der Waals surface area contributed by atoms with Gasteiger partial charge >= 0.3 is 0 Å². The molecule has 0 heterocycles. The van der Waals surface area contributed by atoms with Crippen LogP contribution in [0.25, 0.3) is 0 Å². The molecule has 0 aliphatic heterocycles. The first-order valence-electron chi connectivity index (χ1n) is 3.70.